The second kappa shape index (κ2) is 9.82. The third-order valence-electron chi connectivity index (χ3n) is 3.16. The van der Waals surface area contributed by atoms with Crippen LogP contribution in [0.25, 0.3) is 12.2 Å². The van der Waals surface area contributed by atoms with Gasteiger partial charge in [-0.05, 0) is 30.7 Å². The molecule has 0 bridgehead atoms. The van der Waals surface area contributed by atoms with Crippen LogP contribution in [0.3, 0.4) is 0 Å². The number of carbonyl (C=O) groups is 1. The average Bonchev–Trinajstić information content (AvgIpc) is 3.10. The van der Waals surface area contributed by atoms with E-state index in [2.05, 4.69) is 10.2 Å². The minimum atomic E-state index is -1.77. The van der Waals surface area contributed by atoms with E-state index in [1.807, 2.05) is 0 Å². The fraction of sp³-hybridized carbons (Fsp3) is 0.353. The lowest BCUT2D eigenvalue weighted by atomic mass is 10.2. The van der Waals surface area contributed by atoms with Crippen molar-refractivity contribution in [2.75, 3.05) is 20.3 Å². The Morgan fingerprint density at radius 1 is 1.22 bits per heavy atom. The summed E-state index contributed by atoms with van der Waals surface area (Å²) in [4.78, 5) is 11.3. The third-order valence-corrected chi connectivity index (χ3v) is 3.64. The van der Waals surface area contributed by atoms with Gasteiger partial charge in [-0.25, -0.2) is 0 Å². The first-order valence-electron chi connectivity index (χ1n) is 7.88. The van der Waals surface area contributed by atoms with Crippen LogP contribution in [0.5, 0.6) is 11.5 Å². The minimum absolute atomic E-state index is 0.116. The Labute approximate surface area is 171 Å². The largest absolute Gasteiger partial charge is 0.493 e. The lowest BCUT2D eigenvalue weighted by Gasteiger charge is -2.11. The molecule has 0 amide bonds. The van der Waals surface area contributed by atoms with Crippen LogP contribution >= 0.6 is 34.8 Å². The molecule has 0 aliphatic carbocycles. The van der Waals surface area contributed by atoms with E-state index in [4.69, 9.17) is 53.4 Å². The number of methoxy groups -OCH3 is 1. The summed E-state index contributed by atoms with van der Waals surface area (Å²) < 4.78 is 19.2. The Bertz CT molecular complexity index is 802. The lowest BCUT2D eigenvalue weighted by Crippen LogP contribution is -2.09. The molecule has 0 aliphatic heterocycles. The van der Waals surface area contributed by atoms with Crippen molar-refractivity contribution in [3.05, 3.63) is 35.5 Å². The Morgan fingerprint density at radius 3 is 2.63 bits per heavy atom. The molecule has 1 aromatic carbocycles. The van der Waals surface area contributed by atoms with E-state index >= 15 is 0 Å². The van der Waals surface area contributed by atoms with Crippen LogP contribution < -0.4 is 9.47 Å². The summed E-state index contributed by atoms with van der Waals surface area (Å²) in [5.74, 6) is 0.772. The minimum Gasteiger partial charge on any atom is -0.493 e. The first kappa shape index (κ1) is 21.3. The van der Waals surface area contributed by atoms with Gasteiger partial charge in [0.25, 0.3) is 9.68 Å². The van der Waals surface area contributed by atoms with Crippen molar-refractivity contribution in [1.82, 2.24) is 10.2 Å². The number of aromatic nitrogens is 2. The molecular weight excluding hydrogens is 419 g/mol. The van der Waals surface area contributed by atoms with Crippen molar-refractivity contribution < 1.29 is 23.4 Å². The standard InChI is InChI=1S/C17H17Cl3N2O5/c1-3-25-15(23)8-9-26-12-6-4-11(10-13(12)24-2)5-7-14-21-22-16(27-14)17(18,19)20/h4-7,10H,3,8-9H2,1-2H3. The molecular formula is C17H17Cl3N2O5. The molecule has 146 valence electrons. The zero-order valence-electron chi connectivity index (χ0n) is 14.6. The molecule has 0 aliphatic rings. The van der Waals surface area contributed by atoms with E-state index in [-0.39, 0.29) is 30.8 Å². The van der Waals surface area contributed by atoms with E-state index in [0.29, 0.717) is 18.1 Å². The summed E-state index contributed by atoms with van der Waals surface area (Å²) in [6.45, 7) is 2.28. The van der Waals surface area contributed by atoms with Crippen LogP contribution in [0.2, 0.25) is 0 Å². The SMILES string of the molecule is CCOC(=O)CCOc1ccc(C=Cc2nnc(C(Cl)(Cl)Cl)o2)cc1OC. The zero-order chi connectivity index (χ0) is 19.9. The van der Waals surface area contributed by atoms with Crippen LogP contribution in [-0.2, 0) is 13.3 Å². The predicted molar refractivity (Wildman–Crippen MR) is 102 cm³/mol. The zero-order valence-corrected chi connectivity index (χ0v) is 16.8. The van der Waals surface area contributed by atoms with Crippen molar-refractivity contribution >= 4 is 52.9 Å². The normalized spacial score (nSPS) is 11.6. The first-order valence-corrected chi connectivity index (χ1v) is 9.02. The topological polar surface area (TPSA) is 83.7 Å². The molecule has 0 saturated heterocycles. The third kappa shape index (κ3) is 6.61. The quantitative estimate of drug-likeness (QED) is 0.448. The van der Waals surface area contributed by atoms with Crippen LogP contribution in [0.15, 0.2) is 22.6 Å². The highest BCUT2D eigenvalue weighted by Crippen LogP contribution is 2.37. The van der Waals surface area contributed by atoms with Gasteiger partial charge in [-0.1, -0.05) is 40.9 Å². The number of carbonyl (C=O) groups excluding carboxylic acids is 1. The molecule has 10 heteroatoms. The fourth-order valence-electron chi connectivity index (χ4n) is 1.97. The molecule has 0 N–H and O–H groups in total. The van der Waals surface area contributed by atoms with Crippen molar-refractivity contribution in [3.8, 4) is 11.5 Å². The number of esters is 1. The van der Waals surface area contributed by atoms with Gasteiger partial charge < -0.3 is 18.6 Å². The molecule has 2 rings (SSSR count). The number of hydrogen-bond donors (Lipinski definition) is 0. The lowest BCUT2D eigenvalue weighted by molar-refractivity contribution is -0.143. The summed E-state index contributed by atoms with van der Waals surface area (Å²) in [6, 6.07) is 5.28. The van der Waals surface area contributed by atoms with Gasteiger partial charge in [0.05, 0.1) is 26.7 Å². The number of alkyl halides is 3. The van der Waals surface area contributed by atoms with Gasteiger partial charge in [-0.2, -0.15) is 0 Å². The van der Waals surface area contributed by atoms with E-state index in [9.17, 15) is 4.79 Å². The van der Waals surface area contributed by atoms with Gasteiger partial charge >= 0.3 is 5.97 Å². The molecule has 2 aromatic rings. The molecule has 0 fully saturated rings. The predicted octanol–water partition coefficient (Wildman–Crippen LogP) is 4.41. The summed E-state index contributed by atoms with van der Waals surface area (Å²) in [6.07, 6.45) is 3.45. The van der Waals surface area contributed by atoms with Crippen molar-refractivity contribution in [1.29, 1.82) is 0 Å². The van der Waals surface area contributed by atoms with Crippen LogP contribution in [-0.4, -0.2) is 36.5 Å². The molecule has 0 saturated carbocycles. The Balaban J connectivity index is 2.02. The molecule has 0 atom stereocenters. The number of hydrogen-bond acceptors (Lipinski definition) is 7. The second-order valence-electron chi connectivity index (χ2n) is 5.09. The maximum atomic E-state index is 11.3. The van der Waals surface area contributed by atoms with Gasteiger partial charge in [0, 0.05) is 6.08 Å². The second-order valence-corrected chi connectivity index (χ2v) is 7.37. The molecule has 27 heavy (non-hydrogen) atoms. The van der Waals surface area contributed by atoms with Gasteiger partial charge in [-0.3, -0.25) is 4.79 Å². The van der Waals surface area contributed by atoms with Crippen LogP contribution in [0, 0.1) is 0 Å². The first-order chi connectivity index (χ1) is 12.8. The van der Waals surface area contributed by atoms with E-state index in [1.54, 1.807) is 37.3 Å². The molecule has 0 spiro atoms. The summed E-state index contributed by atoms with van der Waals surface area (Å²) >= 11 is 17.0. The molecule has 0 radical (unpaired) electrons. The fourth-order valence-corrected chi connectivity index (χ4v) is 2.20. The Morgan fingerprint density at radius 2 is 2.00 bits per heavy atom. The van der Waals surface area contributed by atoms with Crippen molar-refractivity contribution in [3.63, 3.8) is 0 Å². The van der Waals surface area contributed by atoms with E-state index < -0.39 is 3.79 Å². The molecule has 0 unspecified atom stereocenters. The smallest absolute Gasteiger partial charge is 0.309 e. The van der Waals surface area contributed by atoms with E-state index in [0.717, 1.165) is 5.56 Å². The van der Waals surface area contributed by atoms with E-state index in [1.165, 1.54) is 7.11 Å². The van der Waals surface area contributed by atoms with Gasteiger partial charge in [0.15, 0.2) is 11.5 Å². The Hall–Kier alpha value is -1.96. The summed E-state index contributed by atoms with van der Waals surface area (Å²) in [5.41, 5.74) is 0.790. The number of benzene rings is 1. The maximum Gasteiger partial charge on any atom is 0.309 e. The molecule has 7 nitrogen and oxygen atoms in total. The van der Waals surface area contributed by atoms with Crippen molar-refractivity contribution in [2.45, 2.75) is 17.1 Å². The highest BCUT2D eigenvalue weighted by molar-refractivity contribution is 6.66. The van der Waals surface area contributed by atoms with Gasteiger partial charge in [0.1, 0.15) is 0 Å². The van der Waals surface area contributed by atoms with Crippen molar-refractivity contribution in [2.24, 2.45) is 0 Å². The van der Waals surface area contributed by atoms with Gasteiger partial charge in [0.2, 0.25) is 5.89 Å². The summed E-state index contributed by atoms with van der Waals surface area (Å²) in [5, 5.41) is 7.44. The maximum absolute atomic E-state index is 11.3. The molecule has 1 heterocycles. The number of halogens is 3. The monoisotopic (exact) mass is 434 g/mol. The number of nitrogens with zero attached hydrogens (tertiary/aromatic N) is 2. The average molecular weight is 436 g/mol. The van der Waals surface area contributed by atoms with Crippen LogP contribution in [0.1, 0.15) is 30.7 Å². The molecule has 1 aromatic heterocycles. The number of ether oxygens (including phenoxy) is 3. The summed E-state index contributed by atoms with van der Waals surface area (Å²) in [7, 11) is 1.52. The number of rotatable bonds is 8. The highest BCUT2D eigenvalue weighted by atomic mass is 35.6. The highest BCUT2D eigenvalue weighted by Gasteiger charge is 2.29. The Kier molecular flexibility index (Phi) is 7.77. The van der Waals surface area contributed by atoms with Crippen LogP contribution in [0.4, 0.5) is 0 Å². The van der Waals surface area contributed by atoms with Gasteiger partial charge in [-0.15, -0.1) is 10.2 Å².